The fourth-order valence-corrected chi connectivity index (χ4v) is 4.49. The largest absolute Gasteiger partial charge is 0.492 e. The van der Waals surface area contributed by atoms with Crippen LogP contribution in [0.15, 0.2) is 48.5 Å². The summed E-state index contributed by atoms with van der Waals surface area (Å²) in [5.41, 5.74) is 3.83. The molecule has 2 aromatic carbocycles. The molecule has 26 heavy (non-hydrogen) atoms. The second kappa shape index (κ2) is 9.19. The number of ether oxygens (including phenoxy) is 1. The van der Waals surface area contributed by atoms with E-state index in [1.54, 1.807) is 0 Å². The van der Waals surface area contributed by atoms with Gasteiger partial charge in [-0.05, 0) is 61.3 Å². The maximum Gasteiger partial charge on any atom is 0.211 e. The molecule has 1 N–H and O–H groups in total. The van der Waals surface area contributed by atoms with Crippen LogP contribution in [0.1, 0.15) is 36.0 Å². The minimum atomic E-state index is -3.25. The third-order valence-electron chi connectivity index (χ3n) is 4.76. The number of nitrogens with one attached hydrogen (secondary N) is 1. The molecule has 0 radical (unpaired) electrons. The first-order valence-corrected chi connectivity index (χ1v) is 11.0. The lowest BCUT2D eigenvalue weighted by Crippen LogP contribution is -2.30. The van der Waals surface area contributed by atoms with Crippen molar-refractivity contribution in [3.63, 3.8) is 0 Å². The van der Waals surface area contributed by atoms with Gasteiger partial charge in [-0.15, -0.1) is 0 Å². The third kappa shape index (κ3) is 5.58. The lowest BCUT2D eigenvalue weighted by molar-refractivity contribution is 0.318. The molecule has 0 fully saturated rings. The smallest absolute Gasteiger partial charge is 0.211 e. The first kappa shape index (κ1) is 18.9. The highest BCUT2D eigenvalue weighted by molar-refractivity contribution is 7.89. The van der Waals surface area contributed by atoms with Crippen LogP contribution in [0.3, 0.4) is 0 Å². The van der Waals surface area contributed by atoms with E-state index in [1.165, 1.54) is 29.5 Å². The molecule has 0 amide bonds. The molecule has 3 rings (SSSR count). The van der Waals surface area contributed by atoms with E-state index in [9.17, 15) is 8.42 Å². The molecule has 0 unspecified atom stereocenters. The van der Waals surface area contributed by atoms with Crippen LogP contribution in [0.2, 0.25) is 0 Å². The Morgan fingerprint density at radius 2 is 1.77 bits per heavy atom. The molecule has 1 aliphatic rings. The van der Waals surface area contributed by atoms with Crippen molar-refractivity contribution in [2.45, 2.75) is 38.5 Å². The Balaban J connectivity index is 1.40. The average Bonchev–Trinajstić information content (AvgIpc) is 2.66. The SMILES string of the molecule is O=S(=O)(CCCc1ccccc1)NCCOc1cccc2c1CCCC2. The van der Waals surface area contributed by atoms with Crippen molar-refractivity contribution in [1.29, 1.82) is 0 Å². The molecule has 0 atom stereocenters. The van der Waals surface area contributed by atoms with Gasteiger partial charge >= 0.3 is 0 Å². The van der Waals surface area contributed by atoms with Gasteiger partial charge in [0.2, 0.25) is 10.0 Å². The Morgan fingerprint density at radius 1 is 0.962 bits per heavy atom. The summed E-state index contributed by atoms with van der Waals surface area (Å²) in [7, 11) is -3.25. The molecule has 0 aromatic heterocycles. The molecule has 0 bridgehead atoms. The highest BCUT2D eigenvalue weighted by atomic mass is 32.2. The second-order valence-corrected chi connectivity index (χ2v) is 8.68. The second-order valence-electron chi connectivity index (χ2n) is 6.75. The van der Waals surface area contributed by atoms with Crippen molar-refractivity contribution in [2.24, 2.45) is 0 Å². The Hall–Kier alpha value is -1.85. The van der Waals surface area contributed by atoms with Gasteiger partial charge in [0.25, 0.3) is 0 Å². The fourth-order valence-electron chi connectivity index (χ4n) is 3.42. The van der Waals surface area contributed by atoms with Crippen LogP contribution in [-0.4, -0.2) is 27.3 Å². The lowest BCUT2D eigenvalue weighted by atomic mass is 9.91. The van der Waals surface area contributed by atoms with Crippen LogP contribution >= 0.6 is 0 Å². The van der Waals surface area contributed by atoms with E-state index in [2.05, 4.69) is 10.8 Å². The summed E-state index contributed by atoms with van der Waals surface area (Å²) in [6, 6.07) is 16.1. The number of hydrogen-bond acceptors (Lipinski definition) is 3. The van der Waals surface area contributed by atoms with Crippen LogP contribution in [0.25, 0.3) is 0 Å². The van der Waals surface area contributed by atoms with Crippen LogP contribution in [-0.2, 0) is 29.3 Å². The summed E-state index contributed by atoms with van der Waals surface area (Å²) in [6.45, 7) is 0.658. The van der Waals surface area contributed by atoms with Crippen molar-refractivity contribution >= 4 is 10.0 Å². The van der Waals surface area contributed by atoms with E-state index in [0.717, 1.165) is 25.0 Å². The first-order chi connectivity index (χ1) is 12.6. The monoisotopic (exact) mass is 373 g/mol. The summed E-state index contributed by atoms with van der Waals surface area (Å²) in [4.78, 5) is 0. The standard InChI is InChI=1S/C21H27NO3S/c23-26(24,17-7-10-18-8-2-1-3-9-18)22-15-16-25-21-14-6-12-19-11-4-5-13-20(19)21/h1-3,6,8-9,12,14,22H,4-5,7,10-11,13,15-17H2. The van der Waals surface area contributed by atoms with E-state index in [-0.39, 0.29) is 5.75 Å². The topological polar surface area (TPSA) is 55.4 Å². The van der Waals surface area contributed by atoms with Gasteiger partial charge in [-0.1, -0.05) is 42.5 Å². The van der Waals surface area contributed by atoms with Gasteiger partial charge in [-0.2, -0.15) is 0 Å². The van der Waals surface area contributed by atoms with Crippen molar-refractivity contribution in [1.82, 2.24) is 4.72 Å². The number of sulfonamides is 1. The zero-order chi connectivity index (χ0) is 18.2. The fraction of sp³-hybridized carbons (Fsp3) is 0.429. The first-order valence-electron chi connectivity index (χ1n) is 9.39. The van der Waals surface area contributed by atoms with Gasteiger partial charge < -0.3 is 4.74 Å². The number of rotatable bonds is 9. The minimum absolute atomic E-state index is 0.141. The molecule has 5 heteroatoms. The Labute approximate surface area is 156 Å². The van der Waals surface area contributed by atoms with E-state index < -0.39 is 10.0 Å². The third-order valence-corrected chi connectivity index (χ3v) is 6.23. The Kier molecular flexibility index (Phi) is 6.69. The van der Waals surface area contributed by atoms with Gasteiger partial charge in [0.1, 0.15) is 12.4 Å². The zero-order valence-corrected chi connectivity index (χ0v) is 15.9. The van der Waals surface area contributed by atoms with Gasteiger partial charge in [0.15, 0.2) is 0 Å². The highest BCUT2D eigenvalue weighted by Crippen LogP contribution is 2.29. The van der Waals surface area contributed by atoms with Gasteiger partial charge in [0, 0.05) is 6.54 Å². The average molecular weight is 374 g/mol. The maximum atomic E-state index is 12.1. The number of benzene rings is 2. The van der Waals surface area contributed by atoms with E-state index >= 15 is 0 Å². The van der Waals surface area contributed by atoms with E-state index in [0.29, 0.717) is 19.6 Å². The van der Waals surface area contributed by atoms with Gasteiger partial charge in [0.05, 0.1) is 5.75 Å². The van der Waals surface area contributed by atoms with Crippen molar-refractivity contribution < 1.29 is 13.2 Å². The van der Waals surface area contributed by atoms with Gasteiger partial charge in [-0.3, -0.25) is 0 Å². The molecule has 0 aliphatic heterocycles. The summed E-state index contributed by atoms with van der Waals surface area (Å²) < 4.78 is 32.7. The van der Waals surface area contributed by atoms with E-state index in [1.807, 2.05) is 42.5 Å². The highest BCUT2D eigenvalue weighted by Gasteiger charge is 2.14. The molecule has 4 nitrogen and oxygen atoms in total. The molecule has 0 heterocycles. The minimum Gasteiger partial charge on any atom is -0.492 e. The van der Waals surface area contributed by atoms with Crippen LogP contribution in [0, 0.1) is 0 Å². The van der Waals surface area contributed by atoms with Crippen LogP contribution < -0.4 is 9.46 Å². The molecule has 2 aromatic rings. The molecular formula is C21H27NO3S. The molecule has 0 spiro atoms. The lowest BCUT2D eigenvalue weighted by Gasteiger charge is -2.19. The molecule has 1 aliphatic carbocycles. The summed E-state index contributed by atoms with van der Waals surface area (Å²) in [5.74, 6) is 1.05. The van der Waals surface area contributed by atoms with Crippen LogP contribution in [0.4, 0.5) is 0 Å². The number of hydrogen-bond donors (Lipinski definition) is 1. The Morgan fingerprint density at radius 3 is 2.62 bits per heavy atom. The van der Waals surface area contributed by atoms with E-state index in [4.69, 9.17) is 4.74 Å². The molecule has 0 saturated carbocycles. The normalized spacial score (nSPS) is 14.0. The Bertz CT molecular complexity index is 803. The van der Waals surface area contributed by atoms with Crippen molar-refractivity contribution in [2.75, 3.05) is 18.9 Å². The number of aryl methyl sites for hydroxylation is 2. The van der Waals surface area contributed by atoms with Gasteiger partial charge in [-0.25, -0.2) is 13.1 Å². The molecule has 0 saturated heterocycles. The molecular weight excluding hydrogens is 346 g/mol. The molecule has 140 valence electrons. The zero-order valence-electron chi connectivity index (χ0n) is 15.1. The predicted octanol–water partition coefficient (Wildman–Crippen LogP) is 3.50. The van der Waals surface area contributed by atoms with Crippen molar-refractivity contribution in [3.05, 3.63) is 65.2 Å². The summed E-state index contributed by atoms with van der Waals surface area (Å²) in [5, 5.41) is 0. The number of fused-ring (bicyclic) bond motifs is 1. The summed E-state index contributed by atoms with van der Waals surface area (Å²) in [6.07, 6.45) is 5.98. The maximum absolute atomic E-state index is 12.1. The van der Waals surface area contributed by atoms with Crippen molar-refractivity contribution in [3.8, 4) is 5.75 Å². The van der Waals surface area contributed by atoms with Crippen LogP contribution in [0.5, 0.6) is 5.75 Å². The predicted molar refractivity (Wildman–Crippen MR) is 105 cm³/mol. The summed E-state index contributed by atoms with van der Waals surface area (Å²) >= 11 is 0. The quantitative estimate of drug-likeness (QED) is 0.685.